The molecule has 100 valence electrons. The number of anilines is 1. The van der Waals surface area contributed by atoms with E-state index in [0.29, 0.717) is 11.3 Å². The van der Waals surface area contributed by atoms with Crippen LogP contribution in [0.5, 0.6) is 0 Å². The maximum Gasteiger partial charge on any atom is 0.143 e. The molecule has 0 bridgehead atoms. The number of hydrazine groups is 1. The van der Waals surface area contributed by atoms with E-state index in [2.05, 4.69) is 36.2 Å². The zero-order valence-electron chi connectivity index (χ0n) is 11.7. The van der Waals surface area contributed by atoms with Crippen LogP contribution in [0.4, 0.5) is 5.82 Å². The quantitative estimate of drug-likeness (QED) is 0.637. The smallest absolute Gasteiger partial charge is 0.143 e. The number of nitrogens with one attached hydrogen (secondary N) is 1. The topological polar surface area (TPSA) is 63.8 Å². The Kier molecular flexibility index (Phi) is 3.85. The maximum atomic E-state index is 5.47. The summed E-state index contributed by atoms with van der Waals surface area (Å²) >= 11 is 0. The van der Waals surface area contributed by atoms with Gasteiger partial charge < -0.3 is 5.43 Å². The Hall–Kier alpha value is -1.16. The summed E-state index contributed by atoms with van der Waals surface area (Å²) < 4.78 is 0. The van der Waals surface area contributed by atoms with Crippen LogP contribution >= 0.6 is 0 Å². The van der Waals surface area contributed by atoms with Gasteiger partial charge in [0.1, 0.15) is 11.6 Å². The summed E-state index contributed by atoms with van der Waals surface area (Å²) in [6, 6.07) is 1.93. The highest BCUT2D eigenvalue weighted by Crippen LogP contribution is 2.41. The molecule has 1 aliphatic rings. The van der Waals surface area contributed by atoms with Crippen molar-refractivity contribution in [2.24, 2.45) is 11.3 Å². The predicted molar refractivity (Wildman–Crippen MR) is 74.2 cm³/mol. The Bertz CT molecular complexity index is 382. The van der Waals surface area contributed by atoms with Gasteiger partial charge in [-0.15, -0.1) is 0 Å². The van der Waals surface area contributed by atoms with Crippen LogP contribution in [0.1, 0.15) is 63.9 Å². The van der Waals surface area contributed by atoms with E-state index in [4.69, 9.17) is 5.84 Å². The monoisotopic (exact) mass is 248 g/mol. The SMILES string of the molecule is CCc1cc(NN)nc(C2CCC(C)(C)CC2)n1. The largest absolute Gasteiger partial charge is 0.308 e. The fourth-order valence-corrected chi connectivity index (χ4v) is 2.61. The number of nitrogens with two attached hydrogens (primary N) is 1. The van der Waals surface area contributed by atoms with Gasteiger partial charge in [-0.25, -0.2) is 15.8 Å². The molecule has 2 rings (SSSR count). The first kappa shape index (κ1) is 13.3. The predicted octanol–water partition coefficient (Wildman–Crippen LogP) is 3.01. The van der Waals surface area contributed by atoms with Crippen molar-refractivity contribution < 1.29 is 0 Å². The van der Waals surface area contributed by atoms with Gasteiger partial charge in [0.25, 0.3) is 0 Å². The van der Waals surface area contributed by atoms with Crippen LogP contribution in [0.25, 0.3) is 0 Å². The van der Waals surface area contributed by atoms with Crippen molar-refractivity contribution in [2.75, 3.05) is 5.43 Å². The molecule has 0 aromatic carbocycles. The maximum absolute atomic E-state index is 5.47. The summed E-state index contributed by atoms with van der Waals surface area (Å²) in [7, 11) is 0. The number of nitrogen functional groups attached to an aromatic ring is 1. The third kappa shape index (κ3) is 2.99. The van der Waals surface area contributed by atoms with Crippen molar-refractivity contribution in [3.05, 3.63) is 17.6 Å². The van der Waals surface area contributed by atoms with Gasteiger partial charge in [-0.05, 0) is 37.5 Å². The number of nitrogens with zero attached hydrogens (tertiary/aromatic N) is 2. The van der Waals surface area contributed by atoms with Crippen molar-refractivity contribution in [1.82, 2.24) is 9.97 Å². The van der Waals surface area contributed by atoms with Crippen molar-refractivity contribution >= 4 is 5.82 Å². The molecule has 0 radical (unpaired) electrons. The van der Waals surface area contributed by atoms with Gasteiger partial charge >= 0.3 is 0 Å². The minimum atomic E-state index is 0.480. The lowest BCUT2D eigenvalue weighted by Crippen LogP contribution is -2.22. The lowest BCUT2D eigenvalue weighted by atomic mass is 9.73. The molecule has 3 N–H and O–H groups in total. The van der Waals surface area contributed by atoms with Crippen molar-refractivity contribution in [3.63, 3.8) is 0 Å². The van der Waals surface area contributed by atoms with E-state index in [1.54, 1.807) is 0 Å². The molecule has 1 heterocycles. The number of hydrogen-bond acceptors (Lipinski definition) is 4. The molecule has 0 saturated heterocycles. The highest BCUT2D eigenvalue weighted by atomic mass is 15.3. The number of rotatable bonds is 3. The molecule has 4 heteroatoms. The summed E-state index contributed by atoms with van der Waals surface area (Å²) in [6.07, 6.45) is 5.79. The molecule has 1 aliphatic carbocycles. The molecular weight excluding hydrogens is 224 g/mol. The average molecular weight is 248 g/mol. The first-order chi connectivity index (χ1) is 8.54. The first-order valence-corrected chi connectivity index (χ1v) is 6.88. The Morgan fingerprint density at radius 1 is 1.33 bits per heavy atom. The van der Waals surface area contributed by atoms with E-state index in [0.717, 1.165) is 23.8 Å². The summed E-state index contributed by atoms with van der Waals surface area (Å²) in [5, 5.41) is 0. The van der Waals surface area contributed by atoms with E-state index < -0.39 is 0 Å². The molecule has 0 amide bonds. The summed E-state index contributed by atoms with van der Waals surface area (Å²) in [5.74, 6) is 7.68. The lowest BCUT2D eigenvalue weighted by Gasteiger charge is -2.33. The van der Waals surface area contributed by atoms with Crippen LogP contribution in [0.2, 0.25) is 0 Å². The Morgan fingerprint density at radius 2 is 2.00 bits per heavy atom. The second-order valence-corrected chi connectivity index (χ2v) is 6.04. The van der Waals surface area contributed by atoms with E-state index in [-0.39, 0.29) is 0 Å². The second kappa shape index (κ2) is 5.22. The number of hydrogen-bond donors (Lipinski definition) is 2. The highest BCUT2D eigenvalue weighted by molar-refractivity contribution is 5.35. The molecular formula is C14H24N4. The zero-order valence-corrected chi connectivity index (χ0v) is 11.7. The second-order valence-electron chi connectivity index (χ2n) is 6.04. The van der Waals surface area contributed by atoms with Crippen LogP contribution < -0.4 is 11.3 Å². The average Bonchev–Trinajstić information content (AvgIpc) is 2.38. The lowest BCUT2D eigenvalue weighted by molar-refractivity contribution is 0.220. The van der Waals surface area contributed by atoms with Gasteiger partial charge in [-0.1, -0.05) is 20.8 Å². The minimum Gasteiger partial charge on any atom is -0.308 e. The van der Waals surface area contributed by atoms with E-state index in [1.165, 1.54) is 25.7 Å². The Labute approximate surface area is 109 Å². The van der Waals surface area contributed by atoms with Crippen LogP contribution in [-0.2, 0) is 6.42 Å². The van der Waals surface area contributed by atoms with Crippen LogP contribution in [0, 0.1) is 5.41 Å². The summed E-state index contributed by atoms with van der Waals surface area (Å²) in [6.45, 7) is 6.80. The third-order valence-electron chi connectivity index (χ3n) is 4.01. The van der Waals surface area contributed by atoms with Gasteiger partial charge in [0.05, 0.1) is 0 Å². The van der Waals surface area contributed by atoms with Crippen molar-refractivity contribution in [1.29, 1.82) is 0 Å². The zero-order chi connectivity index (χ0) is 13.2. The third-order valence-corrected chi connectivity index (χ3v) is 4.01. The summed E-state index contributed by atoms with van der Waals surface area (Å²) in [4.78, 5) is 9.19. The van der Waals surface area contributed by atoms with Gasteiger partial charge in [-0.3, -0.25) is 0 Å². The standard InChI is InChI=1S/C14H24N4/c1-4-11-9-12(18-15)17-13(16-11)10-5-7-14(2,3)8-6-10/h9-10H,4-8,15H2,1-3H3,(H,16,17,18). The highest BCUT2D eigenvalue weighted by Gasteiger charge is 2.29. The van der Waals surface area contributed by atoms with Crippen LogP contribution in [0.3, 0.4) is 0 Å². The van der Waals surface area contributed by atoms with Crippen LogP contribution in [0.15, 0.2) is 6.07 Å². The number of aromatic nitrogens is 2. The molecule has 1 fully saturated rings. The molecule has 1 aromatic rings. The van der Waals surface area contributed by atoms with Crippen LogP contribution in [-0.4, -0.2) is 9.97 Å². The molecule has 0 unspecified atom stereocenters. The van der Waals surface area contributed by atoms with Gasteiger partial charge in [0.2, 0.25) is 0 Å². The molecule has 1 aromatic heterocycles. The molecule has 4 nitrogen and oxygen atoms in total. The van der Waals surface area contributed by atoms with E-state index in [1.807, 2.05) is 6.07 Å². The van der Waals surface area contributed by atoms with Gasteiger partial charge in [0.15, 0.2) is 0 Å². The van der Waals surface area contributed by atoms with Gasteiger partial charge in [0, 0.05) is 17.7 Å². The molecule has 1 saturated carbocycles. The van der Waals surface area contributed by atoms with E-state index >= 15 is 0 Å². The number of aryl methyl sites for hydroxylation is 1. The van der Waals surface area contributed by atoms with Crippen molar-refractivity contribution in [2.45, 2.75) is 58.8 Å². The molecule has 18 heavy (non-hydrogen) atoms. The van der Waals surface area contributed by atoms with E-state index in [9.17, 15) is 0 Å². The molecule has 0 aliphatic heterocycles. The molecule has 0 atom stereocenters. The fraction of sp³-hybridized carbons (Fsp3) is 0.714. The Balaban J connectivity index is 2.18. The minimum absolute atomic E-state index is 0.480. The normalized spacial score (nSPS) is 19.8. The molecule has 0 spiro atoms. The summed E-state index contributed by atoms with van der Waals surface area (Å²) in [5.41, 5.74) is 4.19. The van der Waals surface area contributed by atoms with Crippen molar-refractivity contribution in [3.8, 4) is 0 Å². The first-order valence-electron chi connectivity index (χ1n) is 6.88. The Morgan fingerprint density at radius 3 is 2.56 bits per heavy atom. The van der Waals surface area contributed by atoms with Gasteiger partial charge in [-0.2, -0.15) is 0 Å². The fourth-order valence-electron chi connectivity index (χ4n) is 2.61.